The highest BCUT2D eigenvalue weighted by atomic mass is 28.4. The average molecular weight is 419 g/mol. The summed E-state index contributed by atoms with van der Waals surface area (Å²) in [5.41, 5.74) is 0. The molecule has 1 unspecified atom stereocenters. The van der Waals surface area contributed by atoms with Gasteiger partial charge in [-0.1, -0.05) is 81.4 Å². The van der Waals surface area contributed by atoms with Crippen molar-refractivity contribution < 1.29 is 19.0 Å². The molecule has 0 radical (unpaired) electrons. The summed E-state index contributed by atoms with van der Waals surface area (Å²) in [6.45, 7) is 13.1. The van der Waals surface area contributed by atoms with Crippen molar-refractivity contribution in [1.82, 2.24) is 0 Å². The molecule has 0 bridgehead atoms. The zero-order valence-electron chi connectivity index (χ0n) is 17.9. The summed E-state index contributed by atoms with van der Waals surface area (Å²) in [4.78, 5) is 5.90. The van der Waals surface area contributed by atoms with Crippen LogP contribution in [0.25, 0.3) is 0 Å². The summed E-state index contributed by atoms with van der Waals surface area (Å²) in [6.07, 6.45) is -0.520. The first-order chi connectivity index (χ1) is 13.1. The molecule has 2 aromatic rings. The molecule has 2 aromatic carbocycles. The van der Waals surface area contributed by atoms with Crippen LogP contribution in [0.4, 0.5) is 0 Å². The van der Waals surface area contributed by atoms with Gasteiger partial charge in [0.2, 0.25) is 0 Å². The van der Waals surface area contributed by atoms with Gasteiger partial charge in [0.15, 0.2) is 8.32 Å². The minimum atomic E-state index is -2.78. The second kappa shape index (κ2) is 9.47. The van der Waals surface area contributed by atoms with Crippen LogP contribution in [-0.2, 0) is 13.9 Å². The summed E-state index contributed by atoms with van der Waals surface area (Å²) in [7, 11) is -4.49. The summed E-state index contributed by atoms with van der Waals surface area (Å²) >= 11 is 0. The van der Waals surface area contributed by atoms with Crippen molar-refractivity contribution in [3.8, 4) is 0 Å². The summed E-state index contributed by atoms with van der Waals surface area (Å²) in [6, 6.07) is 20.6. The van der Waals surface area contributed by atoms with Gasteiger partial charge in [0.25, 0.3) is 0 Å². The Labute approximate surface area is 171 Å². The molecular weight excluding hydrogens is 384 g/mol. The van der Waals surface area contributed by atoms with Crippen molar-refractivity contribution in [1.29, 1.82) is 0 Å². The van der Waals surface area contributed by atoms with Gasteiger partial charge in [-0.05, 0) is 35.1 Å². The van der Waals surface area contributed by atoms with Gasteiger partial charge < -0.3 is 9.53 Å². The van der Waals surface area contributed by atoms with Crippen molar-refractivity contribution >= 4 is 27.0 Å². The summed E-state index contributed by atoms with van der Waals surface area (Å²) in [5.74, 6) is 0. The van der Waals surface area contributed by atoms with Gasteiger partial charge in [0.1, 0.15) is 6.10 Å². The van der Waals surface area contributed by atoms with Crippen LogP contribution in [0.2, 0.25) is 24.7 Å². The monoisotopic (exact) mass is 418 g/mol. The van der Waals surface area contributed by atoms with Gasteiger partial charge in [-0.3, -0.25) is 4.58 Å². The molecule has 0 amide bonds. The fraction of sp³-hybridized carbons (Fsp3) is 0.455. The van der Waals surface area contributed by atoms with E-state index in [1.54, 1.807) is 0 Å². The first kappa shape index (κ1) is 23.0. The quantitative estimate of drug-likeness (QED) is 0.383. The molecule has 4 nitrogen and oxygen atoms in total. The van der Waals surface area contributed by atoms with Crippen LogP contribution < -0.4 is 10.4 Å². The Balaban J connectivity index is 2.41. The SMILES string of the molecule is CC(C)(C)[Si](OOC(CO)CO[Si](C)(C)C)(c1ccccc1)c1ccccc1. The molecule has 1 N–H and O–H groups in total. The molecule has 154 valence electrons. The van der Waals surface area contributed by atoms with Gasteiger partial charge >= 0.3 is 8.32 Å². The molecule has 1 atom stereocenters. The third kappa shape index (κ3) is 5.62. The van der Waals surface area contributed by atoms with Crippen LogP contribution in [0, 0.1) is 0 Å². The highest BCUT2D eigenvalue weighted by molar-refractivity contribution is 6.99. The summed E-state index contributed by atoms with van der Waals surface area (Å²) < 4.78 is 12.3. The van der Waals surface area contributed by atoms with Crippen LogP contribution in [0.1, 0.15) is 20.8 Å². The van der Waals surface area contributed by atoms with E-state index in [1.165, 1.54) is 0 Å². The van der Waals surface area contributed by atoms with E-state index in [2.05, 4.69) is 64.7 Å². The molecule has 0 aliphatic carbocycles. The Morgan fingerprint density at radius 2 is 1.32 bits per heavy atom. The fourth-order valence-electron chi connectivity index (χ4n) is 3.19. The second-order valence-corrected chi connectivity index (χ2v) is 17.8. The normalized spacial score (nSPS) is 14.1. The predicted octanol–water partition coefficient (Wildman–Crippen LogP) is 3.71. The molecule has 0 saturated carbocycles. The van der Waals surface area contributed by atoms with Crippen molar-refractivity contribution in [3.05, 3.63) is 60.7 Å². The molecule has 2 rings (SSSR count). The van der Waals surface area contributed by atoms with Crippen LogP contribution in [0.5, 0.6) is 0 Å². The van der Waals surface area contributed by atoms with Crippen LogP contribution in [0.15, 0.2) is 60.7 Å². The van der Waals surface area contributed by atoms with E-state index < -0.39 is 22.7 Å². The molecule has 0 aliphatic rings. The van der Waals surface area contributed by atoms with Gasteiger partial charge in [0, 0.05) is 0 Å². The number of aliphatic hydroxyl groups excluding tert-OH is 1. The van der Waals surface area contributed by atoms with Crippen LogP contribution >= 0.6 is 0 Å². The van der Waals surface area contributed by atoms with Gasteiger partial charge in [0.05, 0.1) is 13.2 Å². The number of aliphatic hydroxyl groups is 1. The Kier molecular flexibility index (Phi) is 7.78. The number of hydrogen-bond donors (Lipinski definition) is 1. The Morgan fingerprint density at radius 1 is 0.857 bits per heavy atom. The lowest BCUT2D eigenvalue weighted by molar-refractivity contribution is -0.268. The molecule has 0 heterocycles. The third-order valence-corrected chi connectivity index (χ3v) is 10.4. The Bertz CT molecular complexity index is 669. The lowest BCUT2D eigenvalue weighted by atomic mass is 10.2. The van der Waals surface area contributed by atoms with E-state index in [0.29, 0.717) is 6.61 Å². The largest absolute Gasteiger partial charge is 0.415 e. The van der Waals surface area contributed by atoms with E-state index >= 15 is 0 Å². The maximum Gasteiger partial charge on any atom is 0.305 e. The molecule has 0 saturated heterocycles. The standard InChI is InChI=1S/C22H34O4Si2/c1-22(2,3)28(20-13-9-7-10-14-20,21-15-11-8-12-16-21)26-25-19(17-23)18-24-27(4,5)6/h7-16,19,23H,17-18H2,1-6H3. The first-order valence-electron chi connectivity index (χ1n) is 9.80. The van der Waals surface area contributed by atoms with Crippen molar-refractivity contribution in [2.24, 2.45) is 0 Å². The number of benzene rings is 2. The number of rotatable bonds is 9. The Hall–Kier alpha value is -1.29. The van der Waals surface area contributed by atoms with E-state index in [0.717, 1.165) is 10.4 Å². The van der Waals surface area contributed by atoms with Crippen molar-refractivity contribution in [2.75, 3.05) is 13.2 Å². The lowest BCUT2D eigenvalue weighted by Crippen LogP contribution is -2.66. The zero-order valence-corrected chi connectivity index (χ0v) is 19.9. The molecule has 0 aromatic heterocycles. The van der Waals surface area contributed by atoms with Crippen LogP contribution in [0.3, 0.4) is 0 Å². The van der Waals surface area contributed by atoms with E-state index in [-0.39, 0.29) is 11.6 Å². The minimum Gasteiger partial charge on any atom is -0.415 e. The maximum absolute atomic E-state index is 9.81. The topological polar surface area (TPSA) is 47.9 Å². The molecule has 0 fully saturated rings. The minimum absolute atomic E-state index is 0.150. The van der Waals surface area contributed by atoms with Crippen molar-refractivity contribution in [3.63, 3.8) is 0 Å². The second-order valence-electron chi connectivity index (χ2n) is 9.07. The first-order valence-corrected chi connectivity index (χ1v) is 15.1. The highest BCUT2D eigenvalue weighted by Gasteiger charge is 2.52. The molecule has 6 heteroatoms. The van der Waals surface area contributed by atoms with Gasteiger partial charge in [-0.15, -0.1) is 0 Å². The predicted molar refractivity (Wildman–Crippen MR) is 120 cm³/mol. The van der Waals surface area contributed by atoms with Gasteiger partial charge in [-0.25, -0.2) is 4.89 Å². The molecule has 28 heavy (non-hydrogen) atoms. The lowest BCUT2D eigenvalue weighted by Gasteiger charge is -2.42. The molecular formula is C22H34O4Si2. The van der Waals surface area contributed by atoms with E-state index in [1.807, 2.05) is 36.4 Å². The zero-order chi connectivity index (χ0) is 20.8. The molecule has 0 aliphatic heterocycles. The highest BCUT2D eigenvalue weighted by Crippen LogP contribution is 2.37. The smallest absolute Gasteiger partial charge is 0.305 e. The van der Waals surface area contributed by atoms with E-state index in [9.17, 15) is 5.11 Å². The van der Waals surface area contributed by atoms with Crippen molar-refractivity contribution in [2.45, 2.75) is 51.6 Å². The summed E-state index contributed by atoms with van der Waals surface area (Å²) in [5, 5.41) is 11.9. The molecule has 0 spiro atoms. The van der Waals surface area contributed by atoms with Crippen LogP contribution in [-0.4, -0.2) is 41.1 Å². The Morgan fingerprint density at radius 3 is 1.68 bits per heavy atom. The fourth-order valence-corrected chi connectivity index (χ4v) is 7.99. The number of hydrogen-bond acceptors (Lipinski definition) is 4. The van der Waals surface area contributed by atoms with Gasteiger partial charge in [-0.2, -0.15) is 0 Å². The average Bonchev–Trinajstić information content (AvgIpc) is 2.64. The third-order valence-electron chi connectivity index (χ3n) is 4.63. The maximum atomic E-state index is 9.81. The van der Waals surface area contributed by atoms with E-state index in [4.69, 9.17) is 13.9 Å².